The molecule has 0 heterocycles. The van der Waals surface area contributed by atoms with Gasteiger partial charge in [0.25, 0.3) is 5.91 Å². The van der Waals surface area contributed by atoms with E-state index < -0.39 is 5.91 Å². The Morgan fingerprint density at radius 1 is 1.36 bits per heavy atom. The highest BCUT2D eigenvalue weighted by molar-refractivity contribution is 6.32. The fourth-order valence-corrected chi connectivity index (χ4v) is 1.99. The molecule has 3 N–H and O–H groups in total. The smallest absolute Gasteiger partial charge is 0.255 e. The van der Waals surface area contributed by atoms with Crippen LogP contribution in [0, 0.1) is 0 Å². The molecule has 1 unspecified atom stereocenters. The standard InChI is InChI=1S/C15H23ClN2O3.ClH/c1-4-10(3)18-8-11-6-12(16)15(21-9-14(17)19)13(7-11)20-5-2;/h6-7,10,18H,4-5,8-9H2,1-3H3,(H2,17,19);1H. The van der Waals surface area contributed by atoms with Gasteiger partial charge in [-0.15, -0.1) is 12.4 Å². The second-order valence-electron chi connectivity index (χ2n) is 4.78. The highest BCUT2D eigenvalue weighted by Crippen LogP contribution is 2.36. The van der Waals surface area contributed by atoms with Crippen LogP contribution in [0.1, 0.15) is 32.8 Å². The second-order valence-corrected chi connectivity index (χ2v) is 5.19. The zero-order valence-electron chi connectivity index (χ0n) is 13.1. The highest BCUT2D eigenvalue weighted by Gasteiger charge is 2.14. The molecule has 0 aliphatic heterocycles. The maximum Gasteiger partial charge on any atom is 0.255 e. The molecule has 1 rings (SSSR count). The number of hydrogen-bond donors (Lipinski definition) is 2. The molecule has 0 bridgehead atoms. The molecular weight excluding hydrogens is 327 g/mol. The van der Waals surface area contributed by atoms with E-state index >= 15 is 0 Å². The van der Waals surface area contributed by atoms with E-state index in [-0.39, 0.29) is 19.0 Å². The van der Waals surface area contributed by atoms with Crippen LogP contribution in [0.4, 0.5) is 0 Å². The summed E-state index contributed by atoms with van der Waals surface area (Å²) in [5.41, 5.74) is 6.08. The molecule has 0 saturated carbocycles. The van der Waals surface area contributed by atoms with Crippen molar-refractivity contribution in [3.63, 3.8) is 0 Å². The third kappa shape index (κ3) is 6.73. The number of nitrogens with two attached hydrogens (primary N) is 1. The third-order valence-corrected chi connectivity index (χ3v) is 3.28. The molecule has 1 amide bonds. The predicted molar refractivity (Wildman–Crippen MR) is 91.2 cm³/mol. The molecule has 7 heteroatoms. The number of amides is 1. The first-order valence-electron chi connectivity index (χ1n) is 7.07. The first kappa shape index (κ1) is 20.8. The Bertz CT molecular complexity index is 484. The van der Waals surface area contributed by atoms with E-state index in [1.54, 1.807) is 6.07 Å². The summed E-state index contributed by atoms with van der Waals surface area (Å²) in [6.07, 6.45) is 1.05. The lowest BCUT2D eigenvalue weighted by atomic mass is 10.1. The Hall–Kier alpha value is -1.17. The summed E-state index contributed by atoms with van der Waals surface area (Å²) >= 11 is 6.22. The number of primary amides is 1. The number of carbonyl (C=O) groups excluding carboxylic acids is 1. The fraction of sp³-hybridized carbons (Fsp3) is 0.533. The van der Waals surface area contributed by atoms with Crippen LogP contribution in [0.3, 0.4) is 0 Å². The Morgan fingerprint density at radius 3 is 2.59 bits per heavy atom. The van der Waals surface area contributed by atoms with Crippen LogP contribution in [0.2, 0.25) is 5.02 Å². The molecule has 0 aliphatic rings. The minimum atomic E-state index is -0.559. The van der Waals surface area contributed by atoms with Gasteiger partial charge in [0.15, 0.2) is 18.1 Å². The molecule has 0 fully saturated rings. The van der Waals surface area contributed by atoms with E-state index in [2.05, 4.69) is 19.2 Å². The minimum absolute atomic E-state index is 0. The number of halogens is 2. The summed E-state index contributed by atoms with van der Waals surface area (Å²) in [5, 5.41) is 3.79. The Balaban J connectivity index is 0.00000441. The summed E-state index contributed by atoms with van der Waals surface area (Å²) in [5.74, 6) is 0.313. The summed E-state index contributed by atoms with van der Waals surface area (Å²) in [7, 11) is 0. The van der Waals surface area contributed by atoms with Crippen molar-refractivity contribution in [2.45, 2.75) is 39.8 Å². The molecule has 0 aliphatic carbocycles. The summed E-state index contributed by atoms with van der Waals surface area (Å²) in [4.78, 5) is 10.8. The lowest BCUT2D eigenvalue weighted by Gasteiger charge is -2.16. The Labute approximate surface area is 142 Å². The zero-order chi connectivity index (χ0) is 15.8. The monoisotopic (exact) mass is 350 g/mol. The van der Waals surface area contributed by atoms with E-state index in [0.717, 1.165) is 12.0 Å². The number of benzene rings is 1. The molecule has 126 valence electrons. The number of carbonyl (C=O) groups is 1. The topological polar surface area (TPSA) is 73.6 Å². The van der Waals surface area contributed by atoms with Gasteiger partial charge in [0.2, 0.25) is 0 Å². The van der Waals surface area contributed by atoms with Crippen molar-refractivity contribution in [1.29, 1.82) is 0 Å². The van der Waals surface area contributed by atoms with Crippen LogP contribution in [-0.2, 0) is 11.3 Å². The minimum Gasteiger partial charge on any atom is -0.490 e. The van der Waals surface area contributed by atoms with Crippen LogP contribution < -0.4 is 20.5 Å². The van der Waals surface area contributed by atoms with Gasteiger partial charge in [0.05, 0.1) is 11.6 Å². The van der Waals surface area contributed by atoms with E-state index in [9.17, 15) is 4.79 Å². The van der Waals surface area contributed by atoms with E-state index in [4.69, 9.17) is 26.8 Å². The van der Waals surface area contributed by atoms with Gasteiger partial charge >= 0.3 is 0 Å². The third-order valence-electron chi connectivity index (χ3n) is 2.99. The Morgan fingerprint density at radius 2 is 2.05 bits per heavy atom. The van der Waals surface area contributed by atoms with Crippen LogP contribution in [-0.4, -0.2) is 25.2 Å². The first-order chi connectivity index (χ1) is 9.97. The van der Waals surface area contributed by atoms with Crippen molar-refractivity contribution in [3.05, 3.63) is 22.7 Å². The molecule has 0 aromatic heterocycles. The van der Waals surface area contributed by atoms with Crippen LogP contribution in [0.25, 0.3) is 0 Å². The average molecular weight is 351 g/mol. The lowest BCUT2D eigenvalue weighted by molar-refractivity contribution is -0.119. The van der Waals surface area contributed by atoms with Crippen molar-refractivity contribution in [1.82, 2.24) is 5.32 Å². The van der Waals surface area contributed by atoms with Crippen molar-refractivity contribution >= 4 is 29.9 Å². The number of rotatable bonds is 9. The molecule has 0 saturated heterocycles. The van der Waals surface area contributed by atoms with Crippen LogP contribution >= 0.6 is 24.0 Å². The molecule has 5 nitrogen and oxygen atoms in total. The van der Waals surface area contributed by atoms with Gasteiger partial charge in [-0.05, 0) is 38.0 Å². The highest BCUT2D eigenvalue weighted by atomic mass is 35.5. The fourth-order valence-electron chi connectivity index (χ4n) is 1.71. The van der Waals surface area contributed by atoms with Crippen molar-refractivity contribution in [3.8, 4) is 11.5 Å². The normalized spacial score (nSPS) is 11.5. The number of hydrogen-bond acceptors (Lipinski definition) is 4. The maximum absolute atomic E-state index is 10.8. The summed E-state index contributed by atoms with van der Waals surface area (Å²) in [6.45, 7) is 7.04. The van der Waals surface area contributed by atoms with Gasteiger partial charge in [-0.25, -0.2) is 0 Å². The summed E-state index contributed by atoms with van der Waals surface area (Å²) < 4.78 is 10.9. The predicted octanol–water partition coefficient (Wildman–Crippen LogP) is 2.91. The molecule has 22 heavy (non-hydrogen) atoms. The van der Waals surface area contributed by atoms with Gasteiger partial charge in [-0.1, -0.05) is 18.5 Å². The number of nitrogens with one attached hydrogen (secondary N) is 1. The van der Waals surface area contributed by atoms with Gasteiger partial charge < -0.3 is 20.5 Å². The maximum atomic E-state index is 10.8. The molecular formula is C15H24Cl2N2O3. The van der Waals surface area contributed by atoms with Gasteiger partial charge in [0, 0.05) is 12.6 Å². The molecule has 1 atom stereocenters. The average Bonchev–Trinajstić information content (AvgIpc) is 2.43. The van der Waals surface area contributed by atoms with Crippen LogP contribution in [0.15, 0.2) is 12.1 Å². The van der Waals surface area contributed by atoms with E-state index in [1.807, 2.05) is 13.0 Å². The van der Waals surface area contributed by atoms with Gasteiger partial charge in [0.1, 0.15) is 0 Å². The molecule has 1 aromatic carbocycles. The van der Waals surface area contributed by atoms with Crippen molar-refractivity contribution < 1.29 is 14.3 Å². The van der Waals surface area contributed by atoms with Gasteiger partial charge in [-0.2, -0.15) is 0 Å². The van der Waals surface area contributed by atoms with E-state index in [0.29, 0.717) is 35.7 Å². The van der Waals surface area contributed by atoms with Crippen LogP contribution in [0.5, 0.6) is 11.5 Å². The molecule has 0 spiro atoms. The molecule has 0 radical (unpaired) electrons. The zero-order valence-corrected chi connectivity index (χ0v) is 14.7. The molecule has 1 aromatic rings. The van der Waals surface area contributed by atoms with Gasteiger partial charge in [-0.3, -0.25) is 4.79 Å². The SMILES string of the molecule is CCOc1cc(CNC(C)CC)cc(Cl)c1OCC(N)=O.Cl. The van der Waals surface area contributed by atoms with Crippen molar-refractivity contribution in [2.24, 2.45) is 5.73 Å². The quantitative estimate of drug-likeness (QED) is 0.717. The van der Waals surface area contributed by atoms with Crippen molar-refractivity contribution in [2.75, 3.05) is 13.2 Å². The largest absolute Gasteiger partial charge is 0.490 e. The number of ether oxygens (including phenoxy) is 2. The first-order valence-corrected chi connectivity index (χ1v) is 7.45. The summed E-state index contributed by atoms with van der Waals surface area (Å²) in [6, 6.07) is 4.08. The second kappa shape index (κ2) is 10.5. The van der Waals surface area contributed by atoms with E-state index in [1.165, 1.54) is 0 Å². The lowest BCUT2D eigenvalue weighted by Crippen LogP contribution is -2.24. The Kier molecular flexibility index (Phi) is 9.98.